The van der Waals surface area contributed by atoms with Crippen molar-refractivity contribution in [2.45, 2.75) is 45.6 Å². The van der Waals surface area contributed by atoms with Crippen LogP contribution in [-0.4, -0.2) is 26.3 Å². The van der Waals surface area contributed by atoms with Crippen LogP contribution in [0.1, 0.15) is 39.5 Å². The van der Waals surface area contributed by atoms with Gasteiger partial charge < -0.3 is 4.74 Å². The molecule has 9 heteroatoms. The fourth-order valence-corrected chi connectivity index (χ4v) is 4.36. The minimum Gasteiger partial charge on any atom is -0.481 e. The Bertz CT molecular complexity index is 1350. The molecule has 3 aromatic rings. The number of rotatable bonds is 7. The van der Waals surface area contributed by atoms with Gasteiger partial charge in [0.15, 0.2) is 6.10 Å². The van der Waals surface area contributed by atoms with E-state index >= 15 is 0 Å². The van der Waals surface area contributed by atoms with Crippen LogP contribution in [0.4, 0.5) is 5.69 Å². The molecule has 0 heterocycles. The van der Waals surface area contributed by atoms with Gasteiger partial charge >= 0.3 is 0 Å². The maximum Gasteiger partial charge on any atom is 0.279 e. The molecule has 35 heavy (non-hydrogen) atoms. The van der Waals surface area contributed by atoms with E-state index in [1.54, 1.807) is 25.1 Å². The van der Waals surface area contributed by atoms with Gasteiger partial charge in [0.25, 0.3) is 21.8 Å². The first-order valence-electron chi connectivity index (χ1n) is 11.0. The first-order valence-corrected chi connectivity index (χ1v) is 12.5. The molecule has 0 aromatic heterocycles. The van der Waals surface area contributed by atoms with E-state index in [1.165, 1.54) is 24.3 Å². The number of nitrogens with one attached hydrogen (secondary N) is 3. The third-order valence-corrected chi connectivity index (χ3v) is 7.18. The predicted octanol–water partition coefficient (Wildman–Crippen LogP) is 3.95. The number of hydrogen-bond acceptors (Lipinski definition) is 5. The van der Waals surface area contributed by atoms with E-state index in [0.29, 0.717) is 11.4 Å². The summed E-state index contributed by atoms with van der Waals surface area (Å²) in [4.78, 5) is 24.8. The molecule has 2 amide bonds. The van der Waals surface area contributed by atoms with Gasteiger partial charge in [-0.25, -0.2) is 8.42 Å². The van der Waals surface area contributed by atoms with Crippen LogP contribution >= 0.6 is 0 Å². The van der Waals surface area contributed by atoms with Gasteiger partial charge in [-0.05, 0) is 93.3 Å². The van der Waals surface area contributed by atoms with Gasteiger partial charge in [0, 0.05) is 5.56 Å². The summed E-state index contributed by atoms with van der Waals surface area (Å²) in [5.74, 6) is -0.537. The Morgan fingerprint density at radius 3 is 2.06 bits per heavy atom. The lowest BCUT2D eigenvalue weighted by atomic mass is 10.1. The number of ether oxygens (including phenoxy) is 1. The van der Waals surface area contributed by atoms with Gasteiger partial charge in [-0.1, -0.05) is 24.3 Å². The second kappa shape index (κ2) is 10.6. The summed E-state index contributed by atoms with van der Waals surface area (Å²) in [5, 5.41) is 0. The van der Waals surface area contributed by atoms with Gasteiger partial charge in [0.1, 0.15) is 5.75 Å². The third kappa shape index (κ3) is 6.19. The van der Waals surface area contributed by atoms with Crippen LogP contribution in [0.5, 0.6) is 5.75 Å². The maximum absolute atomic E-state index is 12.7. The van der Waals surface area contributed by atoms with Crippen LogP contribution in [-0.2, 0) is 14.8 Å². The van der Waals surface area contributed by atoms with Crippen molar-refractivity contribution in [2.24, 2.45) is 0 Å². The molecule has 8 nitrogen and oxygen atoms in total. The lowest BCUT2D eigenvalue weighted by Gasteiger charge is -2.17. The van der Waals surface area contributed by atoms with Gasteiger partial charge in [-0.2, -0.15) is 0 Å². The highest BCUT2D eigenvalue weighted by Gasteiger charge is 2.19. The Morgan fingerprint density at radius 1 is 0.800 bits per heavy atom. The molecule has 184 valence electrons. The summed E-state index contributed by atoms with van der Waals surface area (Å²) in [6, 6.07) is 16.3. The van der Waals surface area contributed by atoms with E-state index in [0.717, 1.165) is 22.3 Å². The van der Waals surface area contributed by atoms with Gasteiger partial charge in [0.05, 0.1) is 10.6 Å². The zero-order valence-corrected chi connectivity index (χ0v) is 21.1. The molecular formula is C26H29N3O5S. The summed E-state index contributed by atoms with van der Waals surface area (Å²) in [6.07, 6.45) is -0.848. The van der Waals surface area contributed by atoms with Crippen molar-refractivity contribution < 1.29 is 22.7 Å². The number of hydrazine groups is 1. The van der Waals surface area contributed by atoms with Crippen LogP contribution in [0.15, 0.2) is 65.6 Å². The molecular weight excluding hydrogens is 466 g/mol. The second-order valence-electron chi connectivity index (χ2n) is 8.28. The molecule has 3 rings (SSSR count). The Labute approximate surface area is 205 Å². The lowest BCUT2D eigenvalue weighted by molar-refractivity contribution is -0.128. The number of anilines is 1. The standard InChI is InChI=1S/C26H29N3O5S/c1-16-8-6-10-23(18(16)3)29-35(32,33)22-14-12-21(13-15-22)26(31)28-27-25(30)20(5)34-24-11-7-9-17(2)19(24)4/h6-15,20,29H,1-5H3,(H,27,30)(H,28,31). The molecule has 1 unspecified atom stereocenters. The van der Waals surface area contributed by atoms with Crippen LogP contribution in [0, 0.1) is 27.7 Å². The highest BCUT2D eigenvalue weighted by atomic mass is 32.2. The molecule has 1 atom stereocenters. The van der Waals surface area contributed by atoms with E-state index < -0.39 is 27.9 Å². The number of sulfonamides is 1. The molecule has 3 aromatic carbocycles. The first kappa shape index (κ1) is 25.8. The molecule has 0 spiro atoms. The van der Waals surface area contributed by atoms with E-state index in [-0.39, 0.29) is 10.5 Å². The summed E-state index contributed by atoms with van der Waals surface area (Å²) in [7, 11) is -3.84. The Morgan fingerprint density at radius 2 is 1.40 bits per heavy atom. The van der Waals surface area contributed by atoms with Crippen LogP contribution in [0.2, 0.25) is 0 Å². The first-order chi connectivity index (χ1) is 16.5. The van der Waals surface area contributed by atoms with Crippen molar-refractivity contribution in [3.8, 4) is 5.75 Å². The molecule has 0 aliphatic carbocycles. The Hall–Kier alpha value is -3.85. The topological polar surface area (TPSA) is 114 Å². The average molecular weight is 496 g/mol. The second-order valence-corrected chi connectivity index (χ2v) is 9.96. The van der Waals surface area contributed by atoms with E-state index in [9.17, 15) is 18.0 Å². The monoisotopic (exact) mass is 495 g/mol. The smallest absolute Gasteiger partial charge is 0.279 e. The predicted molar refractivity (Wildman–Crippen MR) is 135 cm³/mol. The third-order valence-electron chi connectivity index (χ3n) is 5.80. The molecule has 3 N–H and O–H groups in total. The number of amides is 2. The lowest BCUT2D eigenvalue weighted by Crippen LogP contribution is -2.47. The molecule has 0 fully saturated rings. The molecule has 0 saturated heterocycles. The van der Waals surface area contributed by atoms with E-state index in [1.807, 2.05) is 45.9 Å². The van der Waals surface area contributed by atoms with Gasteiger partial charge in [-0.15, -0.1) is 0 Å². The van der Waals surface area contributed by atoms with Crippen molar-refractivity contribution in [3.63, 3.8) is 0 Å². The van der Waals surface area contributed by atoms with Crippen LogP contribution < -0.4 is 20.3 Å². The van der Waals surface area contributed by atoms with Crippen molar-refractivity contribution in [2.75, 3.05) is 4.72 Å². The van der Waals surface area contributed by atoms with Crippen LogP contribution in [0.3, 0.4) is 0 Å². The van der Waals surface area contributed by atoms with Crippen molar-refractivity contribution >= 4 is 27.5 Å². The normalized spacial score (nSPS) is 11.9. The number of carbonyl (C=O) groups is 2. The largest absolute Gasteiger partial charge is 0.481 e. The highest BCUT2D eigenvalue weighted by Crippen LogP contribution is 2.23. The fraction of sp³-hybridized carbons (Fsp3) is 0.231. The number of benzene rings is 3. The van der Waals surface area contributed by atoms with Gasteiger partial charge in [-0.3, -0.25) is 25.2 Å². The molecule has 0 bridgehead atoms. The van der Waals surface area contributed by atoms with Gasteiger partial charge in [0.2, 0.25) is 0 Å². The summed E-state index contributed by atoms with van der Waals surface area (Å²) in [5.41, 5.74) is 9.09. The zero-order valence-electron chi connectivity index (χ0n) is 20.3. The summed E-state index contributed by atoms with van der Waals surface area (Å²) in [6.45, 7) is 9.16. The fourth-order valence-electron chi connectivity index (χ4n) is 3.24. The minimum absolute atomic E-state index is 0.00883. The molecule has 0 aliphatic rings. The molecule has 0 aliphatic heterocycles. The Balaban J connectivity index is 1.60. The SMILES string of the molecule is Cc1cccc(NS(=O)(=O)c2ccc(C(=O)NNC(=O)C(C)Oc3cccc(C)c3C)cc2)c1C. The number of aryl methyl sites for hydroxylation is 2. The summed E-state index contributed by atoms with van der Waals surface area (Å²) >= 11 is 0. The molecule has 0 radical (unpaired) electrons. The molecule has 0 saturated carbocycles. The zero-order chi connectivity index (χ0) is 25.8. The maximum atomic E-state index is 12.7. The number of carbonyl (C=O) groups excluding carboxylic acids is 2. The van der Waals surface area contributed by atoms with E-state index in [2.05, 4.69) is 15.6 Å². The Kier molecular flexibility index (Phi) is 7.81. The van der Waals surface area contributed by atoms with Crippen molar-refractivity contribution in [1.82, 2.24) is 10.9 Å². The summed E-state index contributed by atoms with van der Waals surface area (Å²) < 4.78 is 33.8. The highest BCUT2D eigenvalue weighted by molar-refractivity contribution is 7.92. The van der Waals surface area contributed by atoms with E-state index in [4.69, 9.17) is 4.74 Å². The van der Waals surface area contributed by atoms with Crippen molar-refractivity contribution in [1.29, 1.82) is 0 Å². The minimum atomic E-state index is -3.84. The average Bonchev–Trinajstić information content (AvgIpc) is 2.83. The number of hydrogen-bond donors (Lipinski definition) is 3. The quantitative estimate of drug-likeness (QED) is 0.430. The van der Waals surface area contributed by atoms with Crippen molar-refractivity contribution in [3.05, 3.63) is 88.5 Å². The van der Waals surface area contributed by atoms with Crippen LogP contribution in [0.25, 0.3) is 0 Å².